The van der Waals surface area contributed by atoms with E-state index in [-0.39, 0.29) is 24.8 Å². The van der Waals surface area contributed by atoms with E-state index in [1.54, 1.807) is 65.8 Å². The van der Waals surface area contributed by atoms with Crippen molar-refractivity contribution in [1.82, 2.24) is 19.6 Å². The molecule has 0 aromatic heterocycles. The van der Waals surface area contributed by atoms with Crippen molar-refractivity contribution in [2.75, 3.05) is 28.2 Å². The average molecular weight is 1110 g/mol. The summed E-state index contributed by atoms with van der Waals surface area (Å²) < 4.78 is 98.1. The highest BCUT2D eigenvalue weighted by molar-refractivity contribution is 5.94. The van der Waals surface area contributed by atoms with Crippen molar-refractivity contribution in [2.45, 2.75) is 195 Å². The van der Waals surface area contributed by atoms with Crippen molar-refractivity contribution in [3.05, 3.63) is 65.2 Å². The number of rotatable bonds is 11. The molecule has 1 aliphatic heterocycles. The third-order valence-electron chi connectivity index (χ3n) is 12.8. The Morgan fingerprint density at radius 3 is 1.01 bits per heavy atom. The molecule has 0 aliphatic carbocycles. The third kappa shape index (κ3) is 20.5. The van der Waals surface area contributed by atoms with Crippen LogP contribution in [0.5, 0.6) is 5.75 Å². The zero-order valence-electron chi connectivity index (χ0n) is 48.0. The standard InChI is InChI=1S/C56H79F5N4O13/c1-32-18-20-35(21-19-32)26-42-46(68)64(16)38(28-52(4,5)6)48(70)74-34(3)45(67)63(15)41(31-55(12,13)58)51(73)77-43(27-36-22-24-37(25-23-36)78-56(59,60)61)47(69)65(17)39(29-53(7,8)9)49(71)75-33(2)44(66)62(14)40(50(72)76-42)30-54(10,11)57/h18-25,33-34,38-43H,26-31H2,1-17H3/t33-,34-,38+,39+,40+,41+,42-,43-/m1/s1. The van der Waals surface area contributed by atoms with E-state index in [2.05, 4.69) is 4.74 Å². The summed E-state index contributed by atoms with van der Waals surface area (Å²) in [5.74, 6) is -9.55. The van der Waals surface area contributed by atoms with Crippen LogP contribution < -0.4 is 4.74 Å². The summed E-state index contributed by atoms with van der Waals surface area (Å²) in [7, 11) is 4.68. The molecule has 3 rings (SSSR count). The Labute approximate surface area is 454 Å². The average Bonchev–Trinajstić information content (AvgIpc) is 3.30. The predicted octanol–water partition coefficient (Wildman–Crippen LogP) is 7.84. The highest BCUT2D eigenvalue weighted by atomic mass is 19.4. The molecule has 0 unspecified atom stereocenters. The first-order valence-corrected chi connectivity index (χ1v) is 25.6. The molecule has 1 aliphatic rings. The largest absolute Gasteiger partial charge is 0.573 e. The first-order chi connectivity index (χ1) is 35.5. The Hall–Kier alpha value is -6.35. The van der Waals surface area contributed by atoms with Crippen LogP contribution in [0.25, 0.3) is 0 Å². The smallest absolute Gasteiger partial charge is 0.451 e. The number of halogens is 5. The van der Waals surface area contributed by atoms with Crippen LogP contribution in [0.3, 0.4) is 0 Å². The van der Waals surface area contributed by atoms with E-state index in [1.807, 2.05) is 6.92 Å². The number of alkyl halides is 5. The molecule has 1 fully saturated rings. The van der Waals surface area contributed by atoms with Gasteiger partial charge >= 0.3 is 30.2 Å². The zero-order chi connectivity index (χ0) is 59.8. The quantitative estimate of drug-likeness (QED) is 0.120. The second-order valence-corrected chi connectivity index (χ2v) is 23.8. The van der Waals surface area contributed by atoms with Gasteiger partial charge in [-0.05, 0) is 95.4 Å². The molecule has 0 spiro atoms. The maximum absolute atomic E-state index is 15.8. The Kier molecular flexibility index (Phi) is 22.0. The number of carbonyl (C=O) groups is 8. The van der Waals surface area contributed by atoms with Crippen molar-refractivity contribution < 1.29 is 84.0 Å². The van der Waals surface area contributed by atoms with E-state index in [9.17, 15) is 51.5 Å². The molecule has 0 radical (unpaired) electrons. The molecular weight excluding hydrogens is 1030 g/mol. The Bertz CT molecular complexity index is 2420. The minimum absolute atomic E-state index is 0.0912. The number of esters is 4. The monoisotopic (exact) mass is 1110 g/mol. The van der Waals surface area contributed by atoms with Gasteiger partial charge in [0.25, 0.3) is 23.6 Å². The summed E-state index contributed by atoms with van der Waals surface area (Å²) in [5.41, 5.74) is -4.37. The predicted molar refractivity (Wildman–Crippen MR) is 277 cm³/mol. The molecule has 0 bridgehead atoms. The van der Waals surface area contributed by atoms with Crippen LogP contribution in [0, 0.1) is 17.8 Å². The highest BCUT2D eigenvalue weighted by Gasteiger charge is 2.45. The fraction of sp³-hybridized carbons (Fsp3) is 0.643. The van der Waals surface area contributed by atoms with Crippen molar-refractivity contribution in [3.63, 3.8) is 0 Å². The van der Waals surface area contributed by atoms with Gasteiger partial charge in [-0.15, -0.1) is 13.2 Å². The van der Waals surface area contributed by atoms with Gasteiger partial charge in [0.1, 0.15) is 41.3 Å². The zero-order valence-corrected chi connectivity index (χ0v) is 48.0. The number of hydrogen-bond donors (Lipinski definition) is 0. The lowest BCUT2D eigenvalue weighted by molar-refractivity contribution is -0.274. The van der Waals surface area contributed by atoms with Crippen LogP contribution in [-0.4, -0.2) is 162 Å². The van der Waals surface area contributed by atoms with Gasteiger partial charge in [0.05, 0.1) is 0 Å². The van der Waals surface area contributed by atoms with Crippen LogP contribution in [0.15, 0.2) is 48.5 Å². The minimum atomic E-state index is -5.05. The molecule has 2 aromatic carbocycles. The lowest BCUT2D eigenvalue weighted by Crippen LogP contribution is -2.55. The Balaban J connectivity index is 2.35. The van der Waals surface area contributed by atoms with Crippen molar-refractivity contribution in [3.8, 4) is 5.75 Å². The molecule has 2 aromatic rings. The molecule has 0 N–H and O–H groups in total. The van der Waals surface area contributed by atoms with E-state index >= 15 is 8.78 Å². The number of aryl methyl sites for hydroxylation is 1. The van der Waals surface area contributed by atoms with Gasteiger partial charge in [-0.2, -0.15) is 0 Å². The van der Waals surface area contributed by atoms with E-state index in [0.29, 0.717) is 5.56 Å². The SMILES string of the molecule is Cc1ccc(C[C@H]2OC(=O)[C@H](CC(C)(C)F)N(C)C(=O)[C@@H](C)OC(=O)[C@H](CC(C)(C)C)N(C)C(=O)[C@@H](Cc3ccc(OC(F)(F)F)cc3)OC(=O)[C@H](CC(C)(C)F)N(C)C(=O)[C@@H](C)OC(=O)[C@H](CC(C)(C)C)N(C)C2=O)cc1. The second-order valence-electron chi connectivity index (χ2n) is 23.8. The number of benzene rings is 2. The summed E-state index contributed by atoms with van der Waals surface area (Å²) >= 11 is 0. The van der Waals surface area contributed by atoms with Crippen LogP contribution in [-0.2, 0) is 70.1 Å². The molecule has 1 saturated heterocycles. The van der Waals surface area contributed by atoms with Gasteiger partial charge in [0.2, 0.25) is 0 Å². The number of hydrogen-bond acceptors (Lipinski definition) is 13. The molecule has 1 heterocycles. The van der Waals surface area contributed by atoms with Gasteiger partial charge in [-0.3, -0.25) is 19.2 Å². The third-order valence-corrected chi connectivity index (χ3v) is 12.8. The van der Waals surface area contributed by atoms with E-state index in [4.69, 9.17) is 18.9 Å². The van der Waals surface area contributed by atoms with Crippen molar-refractivity contribution in [2.24, 2.45) is 10.8 Å². The first kappa shape index (κ1) is 65.9. The molecule has 436 valence electrons. The Morgan fingerprint density at radius 2 is 0.718 bits per heavy atom. The summed E-state index contributed by atoms with van der Waals surface area (Å²) in [6.07, 6.45) is -14.7. The normalized spacial score (nSPS) is 24.3. The summed E-state index contributed by atoms with van der Waals surface area (Å²) in [6.45, 7) is 19.1. The molecule has 8 atom stereocenters. The van der Waals surface area contributed by atoms with Crippen LogP contribution in [0.4, 0.5) is 22.0 Å². The first-order valence-electron chi connectivity index (χ1n) is 25.6. The summed E-state index contributed by atoms with van der Waals surface area (Å²) in [6, 6.07) is 4.44. The highest BCUT2D eigenvalue weighted by Crippen LogP contribution is 2.31. The van der Waals surface area contributed by atoms with Gasteiger partial charge in [-0.1, -0.05) is 83.5 Å². The summed E-state index contributed by atoms with van der Waals surface area (Å²) in [4.78, 5) is 120. The topological polar surface area (TPSA) is 196 Å². The Morgan fingerprint density at radius 1 is 0.436 bits per heavy atom. The van der Waals surface area contributed by atoms with Crippen LogP contribution in [0.1, 0.15) is 125 Å². The molecule has 22 heteroatoms. The number of cyclic esters (lactones) is 4. The molecule has 78 heavy (non-hydrogen) atoms. The fourth-order valence-electron chi connectivity index (χ4n) is 8.62. The van der Waals surface area contributed by atoms with Crippen LogP contribution in [0.2, 0.25) is 0 Å². The number of carbonyl (C=O) groups excluding carboxylic acids is 8. The number of ether oxygens (including phenoxy) is 5. The van der Waals surface area contributed by atoms with Crippen molar-refractivity contribution >= 4 is 47.5 Å². The summed E-state index contributed by atoms with van der Waals surface area (Å²) in [5, 5.41) is 0. The van der Waals surface area contributed by atoms with E-state index < -0.39 is 150 Å². The molecule has 17 nitrogen and oxygen atoms in total. The van der Waals surface area contributed by atoms with Gasteiger partial charge < -0.3 is 43.3 Å². The van der Waals surface area contributed by atoms with Crippen molar-refractivity contribution in [1.29, 1.82) is 0 Å². The number of likely N-dealkylation sites (N-methyl/N-ethyl adjacent to an activating group) is 4. The molecule has 0 saturated carbocycles. The second kappa shape index (κ2) is 26.1. The molecule has 4 amide bonds. The lowest BCUT2D eigenvalue weighted by atomic mass is 9.87. The van der Waals surface area contributed by atoms with Gasteiger partial charge in [-0.25, -0.2) is 28.0 Å². The van der Waals surface area contributed by atoms with Gasteiger partial charge in [0, 0.05) is 53.9 Å². The number of amides is 4. The maximum Gasteiger partial charge on any atom is 0.573 e. The van der Waals surface area contributed by atoms with E-state index in [0.717, 1.165) is 91.2 Å². The fourth-order valence-corrected chi connectivity index (χ4v) is 8.62. The van der Waals surface area contributed by atoms with Gasteiger partial charge in [0.15, 0.2) is 24.4 Å². The maximum atomic E-state index is 15.8. The van der Waals surface area contributed by atoms with E-state index in [1.165, 1.54) is 27.9 Å². The molecular formula is C56H79F5N4O13. The minimum Gasteiger partial charge on any atom is -0.451 e. The lowest BCUT2D eigenvalue weighted by Gasteiger charge is -2.37. The number of nitrogens with zero attached hydrogens (tertiary/aromatic N) is 4. The van der Waals surface area contributed by atoms with Crippen LogP contribution >= 0.6 is 0 Å².